The first-order valence-electron chi connectivity index (χ1n) is 17.4. The molecule has 5 rings (SSSR count). The van der Waals surface area contributed by atoms with Gasteiger partial charge < -0.3 is 30.3 Å². The summed E-state index contributed by atoms with van der Waals surface area (Å²) in [5.74, 6) is 1.55. The first-order chi connectivity index (χ1) is 25.2. The van der Waals surface area contributed by atoms with Crippen molar-refractivity contribution in [1.82, 2.24) is 20.2 Å². The van der Waals surface area contributed by atoms with Crippen LogP contribution in [0.3, 0.4) is 0 Å². The highest BCUT2D eigenvalue weighted by Crippen LogP contribution is 2.44. The third kappa shape index (κ3) is 10.6. The van der Waals surface area contributed by atoms with Gasteiger partial charge in [0.2, 0.25) is 5.91 Å². The molecular weight excluding hydrogens is 703 g/mol. The number of halogens is 2. The Morgan fingerprint density at radius 1 is 0.846 bits per heavy atom. The van der Waals surface area contributed by atoms with Crippen LogP contribution >= 0.6 is 23.2 Å². The Bertz CT molecular complexity index is 1750. The molecule has 0 radical (unpaired) electrons. The van der Waals surface area contributed by atoms with Gasteiger partial charge in [-0.05, 0) is 49.1 Å². The molecule has 1 fully saturated rings. The quantitative estimate of drug-likeness (QED) is 0.102. The summed E-state index contributed by atoms with van der Waals surface area (Å²) in [5, 5.41) is 9.37. The van der Waals surface area contributed by atoms with Crippen molar-refractivity contribution in [1.29, 1.82) is 0 Å². The Balaban J connectivity index is 1.04. The van der Waals surface area contributed by atoms with E-state index >= 15 is 0 Å². The van der Waals surface area contributed by atoms with E-state index in [1.165, 1.54) is 43.9 Å². The molecule has 2 heterocycles. The zero-order chi connectivity index (χ0) is 36.9. The number of urea groups is 1. The number of piperazine rings is 1. The fourth-order valence-corrected chi connectivity index (χ4v) is 6.49. The Morgan fingerprint density at radius 2 is 1.52 bits per heavy atom. The number of methoxy groups -OCH3 is 2. The fourth-order valence-electron chi connectivity index (χ4n) is 5.90. The maximum absolute atomic E-state index is 13.2. The summed E-state index contributed by atoms with van der Waals surface area (Å²) < 4.78 is 10.6. The van der Waals surface area contributed by atoms with Crippen LogP contribution in [-0.4, -0.2) is 87.3 Å². The number of aryl methyl sites for hydroxylation is 1. The number of carbonyl (C=O) groups excluding carboxylic acids is 2. The van der Waals surface area contributed by atoms with Crippen molar-refractivity contribution in [3.63, 3.8) is 0 Å². The van der Waals surface area contributed by atoms with Crippen molar-refractivity contribution in [2.24, 2.45) is 0 Å². The number of nitrogens with zero attached hydrogens (tertiary/aromatic N) is 5. The third-order valence-corrected chi connectivity index (χ3v) is 9.66. The lowest BCUT2D eigenvalue weighted by atomic mass is 10.1. The van der Waals surface area contributed by atoms with Crippen LogP contribution in [0.15, 0.2) is 73.1 Å². The van der Waals surface area contributed by atoms with Gasteiger partial charge in [-0.15, -0.1) is 0 Å². The SMILES string of the molecule is COc1cc(OC)c(Cl)c(NC(=O)N(C)c2cc(Nc3ccc(N4CCN(CC(=O)NCCCCCCc5ccccc5)CC4)cc3)ncn2)c1Cl. The van der Waals surface area contributed by atoms with Gasteiger partial charge in [0.15, 0.2) is 0 Å². The Kier molecular flexibility index (Phi) is 14.2. The van der Waals surface area contributed by atoms with E-state index in [0.29, 0.717) is 29.7 Å². The summed E-state index contributed by atoms with van der Waals surface area (Å²) in [4.78, 5) is 40.1. The summed E-state index contributed by atoms with van der Waals surface area (Å²) >= 11 is 12.9. The molecule has 0 atom stereocenters. The molecule has 0 saturated carbocycles. The Morgan fingerprint density at radius 3 is 2.19 bits per heavy atom. The minimum Gasteiger partial charge on any atom is -0.495 e. The number of benzene rings is 3. The second-order valence-electron chi connectivity index (χ2n) is 12.5. The molecule has 0 aliphatic carbocycles. The van der Waals surface area contributed by atoms with Gasteiger partial charge in [-0.2, -0.15) is 0 Å². The van der Waals surface area contributed by atoms with Gasteiger partial charge in [-0.3, -0.25) is 14.6 Å². The van der Waals surface area contributed by atoms with Crippen LogP contribution in [0.5, 0.6) is 11.5 Å². The number of anilines is 5. The molecule has 4 aromatic rings. The van der Waals surface area contributed by atoms with Gasteiger partial charge in [-0.25, -0.2) is 14.8 Å². The minimum atomic E-state index is -0.533. The van der Waals surface area contributed by atoms with E-state index in [4.69, 9.17) is 32.7 Å². The molecular formula is C38H46Cl2N8O4. The van der Waals surface area contributed by atoms with E-state index in [2.05, 4.69) is 78.2 Å². The van der Waals surface area contributed by atoms with Gasteiger partial charge in [-0.1, -0.05) is 66.4 Å². The van der Waals surface area contributed by atoms with E-state index < -0.39 is 6.03 Å². The number of carbonyl (C=O) groups is 2. The number of ether oxygens (including phenoxy) is 2. The van der Waals surface area contributed by atoms with Crippen LogP contribution in [-0.2, 0) is 11.2 Å². The number of rotatable bonds is 16. The van der Waals surface area contributed by atoms with Crippen molar-refractivity contribution in [2.45, 2.75) is 32.1 Å². The summed E-state index contributed by atoms with van der Waals surface area (Å²) in [7, 11) is 4.48. The first kappa shape index (κ1) is 38.5. The van der Waals surface area contributed by atoms with Crippen molar-refractivity contribution in [3.8, 4) is 11.5 Å². The molecule has 1 aromatic heterocycles. The van der Waals surface area contributed by atoms with E-state index in [1.807, 2.05) is 12.1 Å². The van der Waals surface area contributed by atoms with Crippen LogP contribution in [0.25, 0.3) is 0 Å². The maximum Gasteiger partial charge on any atom is 0.327 e. The number of nitrogens with one attached hydrogen (secondary N) is 3. The van der Waals surface area contributed by atoms with Gasteiger partial charge >= 0.3 is 6.03 Å². The predicted molar refractivity (Wildman–Crippen MR) is 209 cm³/mol. The zero-order valence-electron chi connectivity index (χ0n) is 29.8. The molecule has 276 valence electrons. The summed E-state index contributed by atoms with van der Waals surface area (Å²) in [6.07, 6.45) is 6.99. The predicted octanol–water partition coefficient (Wildman–Crippen LogP) is 7.25. The number of aromatic nitrogens is 2. The standard InChI is InChI=1S/C38H46Cl2N8O4/c1-46(38(50)45-37-35(39)30(51-2)23-31(52-3)36(37)40)33-24-32(42-26-43-33)44-28-14-16-29(17-15-28)48-21-19-47(20-22-48)25-34(49)41-18-10-5-4-7-11-27-12-8-6-9-13-27/h6,8-9,12-17,23-24,26H,4-5,7,10-11,18-22,25H2,1-3H3,(H,41,49)(H,45,50)(H,42,43,44). The Hall–Kier alpha value is -4.78. The molecule has 0 unspecified atom stereocenters. The highest BCUT2D eigenvalue weighted by molar-refractivity contribution is 6.41. The van der Waals surface area contributed by atoms with Gasteiger partial charge in [0.1, 0.15) is 39.5 Å². The van der Waals surface area contributed by atoms with Crippen molar-refractivity contribution < 1.29 is 19.1 Å². The highest BCUT2D eigenvalue weighted by Gasteiger charge is 2.22. The average molecular weight is 750 g/mol. The van der Waals surface area contributed by atoms with E-state index in [9.17, 15) is 9.59 Å². The Labute approximate surface area is 315 Å². The van der Waals surface area contributed by atoms with E-state index in [-0.39, 0.29) is 21.6 Å². The largest absolute Gasteiger partial charge is 0.495 e. The summed E-state index contributed by atoms with van der Waals surface area (Å²) in [6, 6.07) is 21.3. The molecule has 52 heavy (non-hydrogen) atoms. The third-order valence-electron chi connectivity index (χ3n) is 8.91. The minimum absolute atomic E-state index is 0.0965. The molecule has 12 nitrogen and oxygen atoms in total. The monoisotopic (exact) mass is 748 g/mol. The van der Waals surface area contributed by atoms with Crippen molar-refractivity contribution in [3.05, 3.63) is 88.7 Å². The number of amides is 3. The molecule has 1 aliphatic rings. The number of unbranched alkanes of at least 4 members (excludes halogenated alkanes) is 3. The summed E-state index contributed by atoms with van der Waals surface area (Å²) in [5.41, 5.74) is 3.48. The number of hydrogen-bond acceptors (Lipinski definition) is 9. The zero-order valence-corrected chi connectivity index (χ0v) is 31.3. The molecule has 1 saturated heterocycles. The van der Waals surface area contributed by atoms with Crippen molar-refractivity contribution in [2.75, 3.05) is 81.0 Å². The van der Waals surface area contributed by atoms with E-state index in [1.54, 1.807) is 19.2 Å². The molecule has 3 amide bonds. The smallest absolute Gasteiger partial charge is 0.327 e. The molecule has 14 heteroatoms. The highest BCUT2D eigenvalue weighted by atomic mass is 35.5. The van der Waals surface area contributed by atoms with E-state index in [0.717, 1.165) is 63.4 Å². The van der Waals surface area contributed by atoms with Crippen LogP contribution in [0.1, 0.15) is 31.2 Å². The molecule has 3 aromatic carbocycles. The molecule has 1 aliphatic heterocycles. The second kappa shape index (κ2) is 19.2. The normalized spacial score (nSPS) is 13.0. The van der Waals surface area contributed by atoms with Crippen molar-refractivity contribution >= 4 is 63.8 Å². The van der Waals surface area contributed by atoms with Gasteiger partial charge in [0, 0.05) is 63.3 Å². The topological polar surface area (TPSA) is 124 Å². The average Bonchev–Trinajstić information content (AvgIpc) is 3.17. The maximum atomic E-state index is 13.2. The summed E-state index contributed by atoms with van der Waals surface area (Å²) in [6.45, 7) is 4.48. The molecule has 3 N–H and O–H groups in total. The van der Waals surface area contributed by atoms with Crippen LogP contribution in [0.4, 0.5) is 33.5 Å². The van der Waals surface area contributed by atoms with Crippen LogP contribution in [0, 0.1) is 0 Å². The lowest BCUT2D eigenvalue weighted by Crippen LogP contribution is -2.49. The molecule has 0 spiro atoms. The van der Waals surface area contributed by atoms with Gasteiger partial charge in [0.25, 0.3) is 0 Å². The first-order valence-corrected chi connectivity index (χ1v) is 18.1. The molecule has 0 bridgehead atoms. The lowest BCUT2D eigenvalue weighted by molar-refractivity contribution is -0.122. The fraction of sp³-hybridized carbons (Fsp3) is 0.368. The van der Waals surface area contributed by atoms with Gasteiger partial charge in [0.05, 0.1) is 26.5 Å². The van der Waals surface area contributed by atoms with Crippen LogP contribution in [0.2, 0.25) is 10.0 Å². The lowest BCUT2D eigenvalue weighted by Gasteiger charge is -2.35. The number of hydrogen-bond donors (Lipinski definition) is 3. The second-order valence-corrected chi connectivity index (χ2v) is 13.2. The van der Waals surface area contributed by atoms with Crippen LogP contribution < -0.4 is 35.2 Å².